The highest BCUT2D eigenvalue weighted by molar-refractivity contribution is 5.94. The lowest BCUT2D eigenvalue weighted by molar-refractivity contribution is -0.141. The third kappa shape index (κ3) is 3.72. The molecule has 0 aliphatic heterocycles. The first-order valence-corrected chi connectivity index (χ1v) is 7.11. The Bertz CT molecular complexity index is 735. The van der Waals surface area contributed by atoms with Gasteiger partial charge in [-0.05, 0) is 51.0 Å². The van der Waals surface area contributed by atoms with E-state index in [0.29, 0.717) is 5.69 Å². The number of hydrogen-bond donors (Lipinski definition) is 1. The summed E-state index contributed by atoms with van der Waals surface area (Å²) in [6, 6.07) is 5.68. The Morgan fingerprint density at radius 1 is 1.22 bits per heavy atom. The van der Waals surface area contributed by atoms with Gasteiger partial charge >= 0.3 is 6.18 Å². The second-order valence-electron chi connectivity index (χ2n) is 5.60. The van der Waals surface area contributed by atoms with E-state index in [1.807, 2.05) is 32.0 Å². The molecular formula is C16H18F3N3O. The van der Waals surface area contributed by atoms with Gasteiger partial charge in [0.1, 0.15) is 6.04 Å². The third-order valence-corrected chi connectivity index (χ3v) is 3.61. The lowest BCUT2D eigenvalue weighted by Gasteiger charge is -2.16. The molecule has 1 atom stereocenters. The Hall–Kier alpha value is -2.31. The minimum Gasteiger partial charge on any atom is -0.324 e. The van der Waals surface area contributed by atoms with Crippen molar-refractivity contribution in [1.29, 1.82) is 0 Å². The molecule has 0 saturated heterocycles. The Balaban J connectivity index is 2.23. The maximum absolute atomic E-state index is 12.7. The van der Waals surface area contributed by atoms with Gasteiger partial charge in [0, 0.05) is 11.4 Å². The maximum Gasteiger partial charge on any atom is 0.435 e. The highest BCUT2D eigenvalue weighted by Gasteiger charge is 2.35. The SMILES string of the molecule is Cc1ccc(C)c(NC(=O)C(C)n2nc(C(F)(F)F)cc2C)c1. The number of aryl methyl sites for hydroxylation is 3. The van der Waals surface area contributed by atoms with E-state index in [1.54, 1.807) is 0 Å². The van der Waals surface area contributed by atoms with Crippen molar-refractivity contribution in [2.75, 3.05) is 5.32 Å². The van der Waals surface area contributed by atoms with E-state index in [0.717, 1.165) is 21.9 Å². The minimum absolute atomic E-state index is 0.279. The first-order chi connectivity index (χ1) is 10.6. The molecule has 0 fully saturated rings. The Labute approximate surface area is 132 Å². The highest BCUT2D eigenvalue weighted by atomic mass is 19.4. The zero-order valence-corrected chi connectivity index (χ0v) is 13.3. The molecule has 1 aromatic heterocycles. The Morgan fingerprint density at radius 3 is 2.43 bits per heavy atom. The van der Waals surface area contributed by atoms with E-state index in [-0.39, 0.29) is 5.69 Å². The first kappa shape index (κ1) is 17.1. The molecule has 0 saturated carbocycles. The average molecular weight is 325 g/mol. The van der Waals surface area contributed by atoms with Crippen LogP contribution in [0.5, 0.6) is 0 Å². The zero-order chi connectivity index (χ0) is 17.4. The molecule has 1 N–H and O–H groups in total. The number of carbonyl (C=O) groups excluding carboxylic acids is 1. The fourth-order valence-electron chi connectivity index (χ4n) is 2.24. The van der Waals surface area contributed by atoms with Crippen LogP contribution in [0.2, 0.25) is 0 Å². The van der Waals surface area contributed by atoms with Crippen LogP contribution in [-0.4, -0.2) is 15.7 Å². The van der Waals surface area contributed by atoms with Crippen LogP contribution >= 0.6 is 0 Å². The lowest BCUT2D eigenvalue weighted by Crippen LogP contribution is -2.26. The van der Waals surface area contributed by atoms with Gasteiger partial charge in [0.05, 0.1) is 0 Å². The van der Waals surface area contributed by atoms with Crippen LogP contribution in [0.4, 0.5) is 18.9 Å². The smallest absolute Gasteiger partial charge is 0.324 e. The Morgan fingerprint density at radius 2 is 1.87 bits per heavy atom. The third-order valence-electron chi connectivity index (χ3n) is 3.61. The van der Waals surface area contributed by atoms with Crippen molar-refractivity contribution in [1.82, 2.24) is 9.78 Å². The molecule has 2 aromatic rings. The number of anilines is 1. The van der Waals surface area contributed by atoms with Gasteiger partial charge in [-0.1, -0.05) is 12.1 Å². The fourth-order valence-corrected chi connectivity index (χ4v) is 2.24. The second kappa shape index (κ2) is 6.06. The number of aromatic nitrogens is 2. The van der Waals surface area contributed by atoms with Gasteiger partial charge in [-0.15, -0.1) is 0 Å². The molecule has 0 aliphatic rings. The summed E-state index contributed by atoms with van der Waals surface area (Å²) >= 11 is 0. The van der Waals surface area contributed by atoms with E-state index >= 15 is 0 Å². The number of carbonyl (C=O) groups is 1. The van der Waals surface area contributed by atoms with Crippen LogP contribution in [0, 0.1) is 20.8 Å². The van der Waals surface area contributed by atoms with Gasteiger partial charge in [0.15, 0.2) is 5.69 Å². The van der Waals surface area contributed by atoms with Crippen molar-refractivity contribution in [3.8, 4) is 0 Å². The number of hydrogen-bond acceptors (Lipinski definition) is 2. The summed E-state index contributed by atoms with van der Waals surface area (Å²) in [7, 11) is 0. The number of amides is 1. The predicted octanol–water partition coefficient (Wildman–Crippen LogP) is 4.03. The number of rotatable bonds is 3. The normalized spacial score (nSPS) is 13.0. The summed E-state index contributed by atoms with van der Waals surface area (Å²) in [5.74, 6) is -0.418. The van der Waals surface area contributed by atoms with Crippen molar-refractivity contribution >= 4 is 11.6 Å². The molecular weight excluding hydrogens is 307 g/mol. The van der Waals surface area contributed by atoms with Gasteiger partial charge < -0.3 is 5.32 Å². The van der Waals surface area contributed by atoms with E-state index in [2.05, 4.69) is 10.4 Å². The van der Waals surface area contributed by atoms with Crippen LogP contribution in [0.1, 0.15) is 35.5 Å². The number of benzene rings is 1. The first-order valence-electron chi connectivity index (χ1n) is 7.11. The van der Waals surface area contributed by atoms with Crippen LogP contribution in [0.15, 0.2) is 24.3 Å². The molecule has 0 spiro atoms. The van der Waals surface area contributed by atoms with E-state index in [1.165, 1.54) is 13.8 Å². The van der Waals surface area contributed by atoms with Crippen LogP contribution in [0.25, 0.3) is 0 Å². The molecule has 1 aromatic carbocycles. The van der Waals surface area contributed by atoms with E-state index < -0.39 is 23.8 Å². The molecule has 7 heteroatoms. The van der Waals surface area contributed by atoms with Crippen molar-refractivity contribution in [2.24, 2.45) is 0 Å². The molecule has 1 heterocycles. The average Bonchev–Trinajstić information content (AvgIpc) is 2.84. The Kier molecular flexibility index (Phi) is 4.49. The van der Waals surface area contributed by atoms with Crippen molar-refractivity contribution in [3.63, 3.8) is 0 Å². The van der Waals surface area contributed by atoms with Gasteiger partial charge in [-0.25, -0.2) is 0 Å². The minimum atomic E-state index is -4.53. The van der Waals surface area contributed by atoms with Gasteiger partial charge in [0.2, 0.25) is 5.91 Å². The summed E-state index contributed by atoms with van der Waals surface area (Å²) < 4.78 is 39.2. The summed E-state index contributed by atoms with van der Waals surface area (Å²) in [6.45, 7) is 6.75. The largest absolute Gasteiger partial charge is 0.435 e. The standard InChI is InChI=1S/C16H18F3N3O/c1-9-5-6-10(2)13(7-9)20-15(23)12(4)22-11(3)8-14(21-22)16(17,18)19/h5-8,12H,1-4H3,(H,20,23). The molecule has 124 valence electrons. The fraction of sp³-hybridized carbons (Fsp3) is 0.375. The molecule has 4 nitrogen and oxygen atoms in total. The molecule has 0 bridgehead atoms. The van der Waals surface area contributed by atoms with Gasteiger partial charge in [0.25, 0.3) is 0 Å². The second-order valence-corrected chi connectivity index (χ2v) is 5.60. The zero-order valence-electron chi connectivity index (χ0n) is 13.3. The van der Waals surface area contributed by atoms with Crippen molar-refractivity contribution in [3.05, 3.63) is 46.8 Å². The highest BCUT2D eigenvalue weighted by Crippen LogP contribution is 2.29. The lowest BCUT2D eigenvalue weighted by atomic mass is 10.1. The summed E-state index contributed by atoms with van der Waals surface area (Å²) in [5, 5.41) is 6.26. The summed E-state index contributed by atoms with van der Waals surface area (Å²) in [5.41, 5.74) is 1.78. The van der Waals surface area contributed by atoms with E-state index in [4.69, 9.17) is 0 Å². The molecule has 2 rings (SSSR count). The van der Waals surface area contributed by atoms with Crippen LogP contribution in [-0.2, 0) is 11.0 Å². The molecule has 1 unspecified atom stereocenters. The quantitative estimate of drug-likeness (QED) is 0.926. The van der Waals surface area contributed by atoms with Crippen molar-refractivity contribution < 1.29 is 18.0 Å². The van der Waals surface area contributed by atoms with E-state index in [9.17, 15) is 18.0 Å². The van der Waals surface area contributed by atoms with Crippen LogP contribution < -0.4 is 5.32 Å². The number of alkyl halides is 3. The monoisotopic (exact) mass is 325 g/mol. The molecule has 0 radical (unpaired) electrons. The number of halogens is 3. The van der Waals surface area contributed by atoms with Gasteiger partial charge in [-0.3, -0.25) is 9.48 Å². The predicted molar refractivity (Wildman–Crippen MR) is 81.2 cm³/mol. The molecule has 0 aliphatic carbocycles. The molecule has 23 heavy (non-hydrogen) atoms. The topological polar surface area (TPSA) is 46.9 Å². The van der Waals surface area contributed by atoms with Crippen LogP contribution in [0.3, 0.4) is 0 Å². The summed E-state index contributed by atoms with van der Waals surface area (Å²) in [4.78, 5) is 12.3. The number of nitrogens with one attached hydrogen (secondary N) is 1. The van der Waals surface area contributed by atoms with Gasteiger partial charge in [-0.2, -0.15) is 18.3 Å². The molecule has 1 amide bonds. The number of nitrogens with zero attached hydrogens (tertiary/aromatic N) is 2. The maximum atomic E-state index is 12.7. The summed E-state index contributed by atoms with van der Waals surface area (Å²) in [6.07, 6.45) is -4.53. The van der Waals surface area contributed by atoms with Crippen molar-refractivity contribution in [2.45, 2.75) is 39.9 Å².